The van der Waals surface area contributed by atoms with Crippen LogP contribution < -0.4 is 9.04 Å². The third-order valence-electron chi connectivity index (χ3n) is 3.27. The number of anilines is 1. The molecule has 2 rings (SSSR count). The monoisotopic (exact) mass is 439 g/mol. The molecule has 0 aliphatic rings. The molecule has 2 aromatic rings. The van der Waals surface area contributed by atoms with Crippen LogP contribution in [0.15, 0.2) is 47.9 Å². The molecule has 0 saturated heterocycles. The first-order valence-corrected chi connectivity index (χ1v) is 9.80. The zero-order chi connectivity index (χ0) is 18.8. The number of rotatable bonds is 6. The first-order chi connectivity index (χ1) is 11.7. The van der Waals surface area contributed by atoms with Crippen LogP contribution in [0.5, 0.6) is 5.75 Å². The third-order valence-corrected chi connectivity index (χ3v) is 6.62. The first kappa shape index (κ1) is 20.2. The zero-order valence-corrected chi connectivity index (χ0v) is 16.8. The Balaban J connectivity index is 2.67. The van der Waals surface area contributed by atoms with Gasteiger partial charge in [0.1, 0.15) is 15.7 Å². The minimum absolute atomic E-state index is 0.000913. The van der Waals surface area contributed by atoms with E-state index in [0.29, 0.717) is 5.02 Å². The minimum atomic E-state index is -4.09. The number of benzene rings is 2. The van der Waals surface area contributed by atoms with Crippen LogP contribution in [0.1, 0.15) is 0 Å². The van der Waals surface area contributed by atoms with Crippen molar-refractivity contribution in [2.45, 2.75) is 4.90 Å². The Morgan fingerprint density at radius 2 is 1.80 bits per heavy atom. The summed E-state index contributed by atoms with van der Waals surface area (Å²) < 4.78 is 32.4. The second kappa shape index (κ2) is 8.06. The fourth-order valence-electron chi connectivity index (χ4n) is 2.11. The number of sulfonamides is 1. The molecule has 25 heavy (non-hydrogen) atoms. The van der Waals surface area contributed by atoms with Gasteiger partial charge in [0.15, 0.2) is 0 Å². The molecule has 0 fully saturated rings. The summed E-state index contributed by atoms with van der Waals surface area (Å²) in [5, 5.41) is 0.405. The molecule has 0 bridgehead atoms. The summed E-state index contributed by atoms with van der Waals surface area (Å²) in [5.74, 6) is 0.265. The lowest BCUT2D eigenvalue weighted by molar-refractivity contribution is 0.414. The summed E-state index contributed by atoms with van der Waals surface area (Å²) in [6.07, 6.45) is 1.42. The zero-order valence-electron chi connectivity index (χ0n) is 13.0. The highest BCUT2D eigenvalue weighted by atomic mass is 35.5. The number of ether oxygens (including phenoxy) is 1. The van der Waals surface area contributed by atoms with Gasteiger partial charge in [-0.15, -0.1) is 6.58 Å². The van der Waals surface area contributed by atoms with Crippen LogP contribution in [-0.4, -0.2) is 22.1 Å². The molecular weight excluding hydrogens is 428 g/mol. The molecule has 0 aliphatic carbocycles. The average Bonchev–Trinajstić information content (AvgIpc) is 2.57. The molecule has 0 heterocycles. The molecule has 4 nitrogen and oxygen atoms in total. The second-order valence-electron chi connectivity index (χ2n) is 4.81. The molecule has 0 aliphatic heterocycles. The van der Waals surface area contributed by atoms with E-state index in [1.165, 1.54) is 37.5 Å². The van der Waals surface area contributed by atoms with Crippen molar-refractivity contribution in [3.63, 3.8) is 0 Å². The topological polar surface area (TPSA) is 46.6 Å². The highest BCUT2D eigenvalue weighted by Gasteiger charge is 2.29. The maximum absolute atomic E-state index is 13.2. The SMILES string of the molecule is C=CCN(c1cc(Cl)ccc1Cl)S(=O)(=O)c1ccc(OC)c(Cl)c1Cl. The van der Waals surface area contributed by atoms with E-state index >= 15 is 0 Å². The van der Waals surface area contributed by atoms with Gasteiger partial charge in [-0.2, -0.15) is 0 Å². The molecular formula is C16H13Cl4NO3S. The lowest BCUT2D eigenvalue weighted by atomic mass is 10.3. The van der Waals surface area contributed by atoms with Gasteiger partial charge in [-0.05, 0) is 30.3 Å². The molecule has 134 valence electrons. The summed E-state index contributed by atoms with van der Waals surface area (Å²) in [6, 6.07) is 7.25. The Hall–Kier alpha value is -1.11. The first-order valence-electron chi connectivity index (χ1n) is 6.84. The second-order valence-corrected chi connectivity index (χ2v) is 8.24. The van der Waals surface area contributed by atoms with Gasteiger partial charge in [0.25, 0.3) is 10.0 Å². The molecule has 0 unspecified atom stereocenters. The van der Waals surface area contributed by atoms with Crippen molar-refractivity contribution in [1.29, 1.82) is 0 Å². The molecule has 9 heteroatoms. The Labute approximate surface area is 166 Å². The van der Waals surface area contributed by atoms with Crippen LogP contribution in [0.2, 0.25) is 20.1 Å². The summed E-state index contributed by atoms with van der Waals surface area (Å²) in [6.45, 7) is 3.55. The van der Waals surface area contributed by atoms with Gasteiger partial charge in [0.2, 0.25) is 0 Å². The highest BCUT2D eigenvalue weighted by molar-refractivity contribution is 7.93. The summed E-state index contributed by atoms with van der Waals surface area (Å²) >= 11 is 24.4. The third kappa shape index (κ3) is 4.01. The van der Waals surface area contributed by atoms with Gasteiger partial charge in [0.05, 0.1) is 29.4 Å². The molecule has 2 aromatic carbocycles. The van der Waals surface area contributed by atoms with Crippen LogP contribution in [0, 0.1) is 0 Å². The average molecular weight is 441 g/mol. The van der Waals surface area contributed by atoms with Crippen LogP contribution in [0.25, 0.3) is 0 Å². The summed E-state index contributed by atoms with van der Waals surface area (Å²) in [4.78, 5) is -0.183. The van der Waals surface area contributed by atoms with Crippen molar-refractivity contribution in [2.24, 2.45) is 0 Å². The minimum Gasteiger partial charge on any atom is -0.495 e. The van der Waals surface area contributed by atoms with Crippen LogP contribution in [-0.2, 0) is 10.0 Å². The molecule has 0 saturated carbocycles. The number of methoxy groups -OCH3 is 1. The van der Waals surface area contributed by atoms with Crippen LogP contribution in [0.4, 0.5) is 5.69 Å². The van der Waals surface area contributed by atoms with Gasteiger partial charge < -0.3 is 4.74 Å². The van der Waals surface area contributed by atoms with Crippen LogP contribution >= 0.6 is 46.4 Å². The van der Waals surface area contributed by atoms with Gasteiger partial charge in [-0.25, -0.2) is 8.42 Å². The lowest BCUT2D eigenvalue weighted by Gasteiger charge is -2.25. The van der Waals surface area contributed by atoms with Crippen LogP contribution in [0.3, 0.4) is 0 Å². The number of halogens is 4. The standard InChI is InChI=1S/C16H13Cl4NO3S/c1-3-8-21(12-9-10(17)4-5-11(12)18)25(22,23)14-7-6-13(24-2)15(19)16(14)20/h3-7,9H,1,8H2,2H3. The Morgan fingerprint density at radius 3 is 2.40 bits per heavy atom. The van der Waals surface area contributed by atoms with E-state index in [1.54, 1.807) is 6.07 Å². The van der Waals surface area contributed by atoms with Gasteiger partial charge in [-0.3, -0.25) is 4.31 Å². The number of hydrogen-bond acceptors (Lipinski definition) is 3. The largest absolute Gasteiger partial charge is 0.495 e. The number of nitrogens with zero attached hydrogens (tertiary/aromatic N) is 1. The van der Waals surface area contributed by atoms with E-state index in [1.807, 2.05) is 0 Å². The maximum Gasteiger partial charge on any atom is 0.266 e. The predicted octanol–water partition coefficient (Wildman–Crippen LogP) is 5.69. The van der Waals surface area contributed by atoms with Crippen molar-refractivity contribution in [2.75, 3.05) is 18.0 Å². The molecule has 0 radical (unpaired) electrons. The van der Waals surface area contributed by atoms with Gasteiger partial charge >= 0.3 is 0 Å². The van der Waals surface area contributed by atoms with Crippen molar-refractivity contribution >= 4 is 62.1 Å². The normalized spacial score (nSPS) is 11.2. The fourth-order valence-corrected chi connectivity index (χ4v) is 4.81. The molecule has 0 atom stereocenters. The smallest absolute Gasteiger partial charge is 0.266 e. The van der Waals surface area contributed by atoms with Crippen molar-refractivity contribution in [3.8, 4) is 5.75 Å². The van der Waals surface area contributed by atoms with E-state index in [2.05, 4.69) is 6.58 Å². The number of hydrogen-bond donors (Lipinski definition) is 0. The molecule has 0 spiro atoms. The van der Waals surface area contributed by atoms with E-state index < -0.39 is 10.0 Å². The lowest BCUT2D eigenvalue weighted by Crippen LogP contribution is -2.31. The fraction of sp³-hybridized carbons (Fsp3) is 0.125. The highest BCUT2D eigenvalue weighted by Crippen LogP contribution is 2.40. The van der Waals surface area contributed by atoms with Crippen molar-refractivity contribution in [1.82, 2.24) is 0 Å². The van der Waals surface area contributed by atoms with Gasteiger partial charge in [-0.1, -0.05) is 52.5 Å². The Bertz CT molecular complexity index is 916. The predicted molar refractivity (Wildman–Crippen MR) is 104 cm³/mol. The molecule has 0 amide bonds. The van der Waals surface area contributed by atoms with Crippen molar-refractivity contribution in [3.05, 3.63) is 63.1 Å². The summed E-state index contributed by atoms with van der Waals surface area (Å²) in [5.41, 5.74) is 0.206. The van der Waals surface area contributed by atoms with E-state index in [4.69, 9.17) is 51.1 Å². The van der Waals surface area contributed by atoms with E-state index in [9.17, 15) is 8.42 Å². The van der Waals surface area contributed by atoms with E-state index in [-0.39, 0.29) is 37.9 Å². The Morgan fingerprint density at radius 1 is 1.12 bits per heavy atom. The van der Waals surface area contributed by atoms with E-state index in [0.717, 1.165) is 4.31 Å². The molecule has 0 N–H and O–H groups in total. The summed E-state index contributed by atoms with van der Waals surface area (Å²) in [7, 11) is -2.68. The quantitative estimate of drug-likeness (QED) is 0.542. The van der Waals surface area contributed by atoms with Crippen molar-refractivity contribution < 1.29 is 13.2 Å². The maximum atomic E-state index is 13.2. The molecule has 0 aromatic heterocycles. The Kier molecular flexibility index (Phi) is 6.51. The van der Waals surface area contributed by atoms with Gasteiger partial charge in [0, 0.05) is 5.02 Å².